The maximum Gasteiger partial charge on any atom is 0.332 e. The number of carbonyl (C=O) groups excluding carboxylic acids is 2. The standard InChI is InChI=1S/C32H38N2O6S/c1-5-39-29(35)22-40-30-31(24-13-15-25(37-3)16-14-24)41-28-12-7-6-11-27(28)34(32(30)36)20-19-33(2)18-17-23-9-8-10-26(21-23)38-4/h6-16,21,30-31H,5,17-20,22H2,1-4H3. The summed E-state index contributed by atoms with van der Waals surface area (Å²) >= 11 is 1.56. The Balaban J connectivity index is 1.55. The summed E-state index contributed by atoms with van der Waals surface area (Å²) in [5.41, 5.74) is 2.94. The molecule has 0 aliphatic carbocycles. The number of nitrogens with zero attached hydrogens (tertiary/aromatic N) is 2. The molecule has 0 saturated heterocycles. The molecule has 1 heterocycles. The molecule has 0 fully saturated rings. The molecule has 2 atom stereocenters. The van der Waals surface area contributed by atoms with E-state index in [0.29, 0.717) is 13.1 Å². The van der Waals surface area contributed by atoms with Crippen LogP contribution in [0.2, 0.25) is 0 Å². The van der Waals surface area contributed by atoms with E-state index >= 15 is 0 Å². The van der Waals surface area contributed by atoms with E-state index in [1.807, 2.05) is 66.7 Å². The SMILES string of the molecule is CCOC(=O)COC1C(=O)N(CCN(C)CCc2cccc(OC)c2)c2ccccc2SC1c1ccc(OC)cc1. The Hall–Kier alpha value is -3.53. The van der Waals surface area contributed by atoms with Crippen molar-refractivity contribution in [2.45, 2.75) is 29.6 Å². The lowest BCUT2D eigenvalue weighted by Gasteiger charge is -2.29. The summed E-state index contributed by atoms with van der Waals surface area (Å²) in [6.07, 6.45) is -0.0360. The second kappa shape index (κ2) is 14.9. The first-order valence-electron chi connectivity index (χ1n) is 13.7. The van der Waals surface area contributed by atoms with Gasteiger partial charge in [-0.3, -0.25) is 4.79 Å². The first-order chi connectivity index (χ1) is 19.9. The molecule has 1 aliphatic rings. The molecule has 2 unspecified atom stereocenters. The maximum atomic E-state index is 14.2. The van der Waals surface area contributed by atoms with Crippen molar-refractivity contribution in [1.29, 1.82) is 0 Å². The van der Waals surface area contributed by atoms with Gasteiger partial charge in [0, 0.05) is 24.5 Å². The molecular formula is C32H38N2O6S. The molecule has 0 N–H and O–H groups in total. The van der Waals surface area contributed by atoms with Gasteiger partial charge in [0.25, 0.3) is 5.91 Å². The summed E-state index contributed by atoms with van der Waals surface area (Å²) in [6, 6.07) is 23.6. The zero-order chi connectivity index (χ0) is 29.2. The number of methoxy groups -OCH3 is 2. The third-order valence-electron chi connectivity index (χ3n) is 6.95. The number of likely N-dealkylation sites (N-methyl/N-ethyl adjacent to an activating group) is 1. The van der Waals surface area contributed by atoms with Crippen LogP contribution in [0, 0.1) is 0 Å². The summed E-state index contributed by atoms with van der Waals surface area (Å²) in [7, 11) is 5.34. The minimum atomic E-state index is -0.896. The van der Waals surface area contributed by atoms with Crippen molar-refractivity contribution in [3.8, 4) is 11.5 Å². The van der Waals surface area contributed by atoms with Gasteiger partial charge in [-0.25, -0.2) is 4.79 Å². The number of ether oxygens (including phenoxy) is 4. The van der Waals surface area contributed by atoms with Gasteiger partial charge in [-0.2, -0.15) is 0 Å². The van der Waals surface area contributed by atoms with Crippen LogP contribution < -0.4 is 14.4 Å². The van der Waals surface area contributed by atoms with Gasteiger partial charge in [0.2, 0.25) is 0 Å². The highest BCUT2D eigenvalue weighted by Gasteiger charge is 2.39. The Kier molecular flexibility index (Phi) is 11.1. The predicted octanol–water partition coefficient (Wildman–Crippen LogP) is 5.01. The van der Waals surface area contributed by atoms with Gasteiger partial charge in [0.1, 0.15) is 18.1 Å². The summed E-state index contributed by atoms with van der Waals surface area (Å²) < 4.78 is 21.8. The molecule has 0 spiro atoms. The number of hydrogen-bond donors (Lipinski definition) is 0. The number of benzene rings is 3. The molecule has 0 radical (unpaired) electrons. The van der Waals surface area contributed by atoms with Crippen molar-refractivity contribution < 1.29 is 28.5 Å². The van der Waals surface area contributed by atoms with Crippen LogP contribution in [0.15, 0.2) is 77.7 Å². The Morgan fingerprint density at radius 3 is 2.44 bits per heavy atom. The molecule has 0 saturated carbocycles. The van der Waals surface area contributed by atoms with E-state index in [1.165, 1.54) is 5.56 Å². The number of anilines is 1. The minimum Gasteiger partial charge on any atom is -0.497 e. The number of thioether (sulfide) groups is 1. The zero-order valence-corrected chi connectivity index (χ0v) is 24.9. The minimum absolute atomic E-state index is 0.186. The van der Waals surface area contributed by atoms with Gasteiger partial charge >= 0.3 is 5.97 Å². The average Bonchev–Trinajstić information content (AvgIpc) is 3.11. The van der Waals surface area contributed by atoms with E-state index in [0.717, 1.165) is 40.6 Å². The fourth-order valence-electron chi connectivity index (χ4n) is 4.70. The fraction of sp³-hybridized carbons (Fsp3) is 0.375. The normalized spacial score (nSPS) is 16.7. The molecule has 1 amide bonds. The highest BCUT2D eigenvalue weighted by Crippen LogP contribution is 2.46. The van der Waals surface area contributed by atoms with E-state index in [4.69, 9.17) is 18.9 Å². The van der Waals surface area contributed by atoms with Crippen molar-refractivity contribution in [3.63, 3.8) is 0 Å². The topological polar surface area (TPSA) is 77.5 Å². The van der Waals surface area contributed by atoms with Crippen LogP contribution in [0.4, 0.5) is 5.69 Å². The van der Waals surface area contributed by atoms with Crippen molar-refractivity contribution in [2.75, 3.05) is 59.0 Å². The van der Waals surface area contributed by atoms with Crippen LogP contribution in [0.25, 0.3) is 0 Å². The van der Waals surface area contributed by atoms with Crippen molar-refractivity contribution in [2.24, 2.45) is 0 Å². The molecule has 3 aromatic rings. The van der Waals surface area contributed by atoms with E-state index in [9.17, 15) is 9.59 Å². The Morgan fingerprint density at radius 1 is 0.951 bits per heavy atom. The van der Waals surface area contributed by atoms with Gasteiger partial charge in [0.15, 0.2) is 6.10 Å². The number of esters is 1. The number of hydrogen-bond acceptors (Lipinski definition) is 8. The van der Waals surface area contributed by atoms with Gasteiger partial charge in [-0.1, -0.05) is 36.4 Å². The summed E-state index contributed by atoms with van der Waals surface area (Å²) in [6.45, 7) is 3.64. The second-order valence-electron chi connectivity index (χ2n) is 9.71. The number of rotatable bonds is 13. The Labute approximate surface area is 246 Å². The molecule has 41 heavy (non-hydrogen) atoms. The smallest absolute Gasteiger partial charge is 0.332 e. The van der Waals surface area contributed by atoms with Gasteiger partial charge < -0.3 is 28.7 Å². The average molecular weight is 579 g/mol. The predicted molar refractivity (Wildman–Crippen MR) is 161 cm³/mol. The number of carbonyl (C=O) groups is 2. The Bertz CT molecular complexity index is 1300. The third-order valence-corrected chi connectivity index (χ3v) is 8.32. The summed E-state index contributed by atoms with van der Waals surface area (Å²) in [4.78, 5) is 31.4. The number of para-hydroxylation sites is 1. The van der Waals surface area contributed by atoms with E-state index in [2.05, 4.69) is 18.0 Å². The summed E-state index contributed by atoms with van der Waals surface area (Å²) in [5.74, 6) is 0.884. The number of amides is 1. The highest BCUT2D eigenvalue weighted by atomic mass is 32.2. The second-order valence-corrected chi connectivity index (χ2v) is 10.9. The molecule has 3 aromatic carbocycles. The third kappa shape index (κ3) is 8.03. The lowest BCUT2D eigenvalue weighted by molar-refractivity contribution is -0.152. The van der Waals surface area contributed by atoms with E-state index < -0.39 is 12.1 Å². The van der Waals surface area contributed by atoms with Crippen LogP contribution in [0.3, 0.4) is 0 Å². The monoisotopic (exact) mass is 578 g/mol. The van der Waals surface area contributed by atoms with Gasteiger partial charge in [-0.05, 0) is 67.9 Å². The summed E-state index contributed by atoms with van der Waals surface area (Å²) in [5, 5.41) is -0.375. The number of fused-ring (bicyclic) bond motifs is 1. The quantitative estimate of drug-likeness (QED) is 0.262. The zero-order valence-electron chi connectivity index (χ0n) is 24.1. The van der Waals surface area contributed by atoms with Crippen LogP contribution in [-0.4, -0.2) is 77.0 Å². The highest BCUT2D eigenvalue weighted by molar-refractivity contribution is 7.99. The first-order valence-corrected chi connectivity index (χ1v) is 14.6. The lowest BCUT2D eigenvalue weighted by Crippen LogP contribution is -2.45. The molecule has 218 valence electrons. The molecule has 0 bridgehead atoms. The van der Waals surface area contributed by atoms with E-state index in [-0.39, 0.29) is 24.4 Å². The molecule has 8 nitrogen and oxygen atoms in total. The molecular weight excluding hydrogens is 540 g/mol. The first kappa shape index (κ1) is 30.4. The molecule has 4 rings (SSSR count). The van der Waals surface area contributed by atoms with Gasteiger partial charge in [0.05, 0.1) is 31.8 Å². The molecule has 9 heteroatoms. The van der Waals surface area contributed by atoms with Gasteiger partial charge in [-0.15, -0.1) is 11.8 Å². The fourth-order valence-corrected chi connectivity index (χ4v) is 6.04. The Morgan fingerprint density at radius 2 is 1.71 bits per heavy atom. The van der Waals surface area contributed by atoms with Crippen molar-refractivity contribution >= 4 is 29.3 Å². The molecule has 0 aromatic heterocycles. The van der Waals surface area contributed by atoms with Crippen molar-refractivity contribution in [3.05, 3.63) is 83.9 Å². The largest absolute Gasteiger partial charge is 0.497 e. The lowest BCUT2D eigenvalue weighted by atomic mass is 10.1. The van der Waals surface area contributed by atoms with Crippen LogP contribution in [0.5, 0.6) is 11.5 Å². The van der Waals surface area contributed by atoms with Crippen LogP contribution in [-0.2, 0) is 25.5 Å². The van der Waals surface area contributed by atoms with E-state index in [1.54, 1.807) is 37.8 Å². The van der Waals surface area contributed by atoms with Crippen LogP contribution in [0.1, 0.15) is 23.3 Å². The van der Waals surface area contributed by atoms with Crippen LogP contribution >= 0.6 is 11.8 Å². The van der Waals surface area contributed by atoms with Crippen molar-refractivity contribution in [1.82, 2.24) is 4.90 Å². The molecule has 1 aliphatic heterocycles. The maximum absolute atomic E-state index is 14.2.